The van der Waals surface area contributed by atoms with Gasteiger partial charge in [0.2, 0.25) is 0 Å². The SMILES string of the molecule is CCCCC1CCN(CCCC(=O)c2cc(OC)ccc2N)CC1. The van der Waals surface area contributed by atoms with Crippen molar-refractivity contribution in [2.24, 2.45) is 5.92 Å². The molecular weight excluding hydrogens is 300 g/mol. The zero-order valence-electron chi connectivity index (χ0n) is 15.2. The molecule has 0 radical (unpaired) electrons. The van der Waals surface area contributed by atoms with E-state index in [1.165, 1.54) is 45.2 Å². The monoisotopic (exact) mass is 332 g/mol. The van der Waals surface area contributed by atoms with Gasteiger partial charge in [-0.25, -0.2) is 0 Å². The maximum Gasteiger partial charge on any atom is 0.165 e. The van der Waals surface area contributed by atoms with Gasteiger partial charge in [-0.15, -0.1) is 0 Å². The summed E-state index contributed by atoms with van der Waals surface area (Å²) in [6.07, 6.45) is 8.13. The van der Waals surface area contributed by atoms with Crippen molar-refractivity contribution in [3.05, 3.63) is 23.8 Å². The number of hydrogen-bond donors (Lipinski definition) is 1. The molecule has 1 fully saturated rings. The summed E-state index contributed by atoms with van der Waals surface area (Å²) in [7, 11) is 1.60. The summed E-state index contributed by atoms with van der Waals surface area (Å²) in [6.45, 7) is 5.64. The van der Waals surface area contributed by atoms with Gasteiger partial charge in [0, 0.05) is 17.7 Å². The number of nitrogen functional groups attached to an aromatic ring is 1. The first-order chi connectivity index (χ1) is 11.6. The Balaban J connectivity index is 1.72. The van der Waals surface area contributed by atoms with E-state index in [-0.39, 0.29) is 5.78 Å². The summed E-state index contributed by atoms with van der Waals surface area (Å²) in [6, 6.07) is 5.28. The first-order valence-corrected chi connectivity index (χ1v) is 9.33. The average Bonchev–Trinajstić information content (AvgIpc) is 2.61. The van der Waals surface area contributed by atoms with E-state index in [9.17, 15) is 4.79 Å². The minimum atomic E-state index is 0.115. The van der Waals surface area contributed by atoms with Crippen LogP contribution >= 0.6 is 0 Å². The molecule has 1 saturated heterocycles. The molecule has 0 atom stereocenters. The van der Waals surface area contributed by atoms with Crippen LogP contribution in [0.3, 0.4) is 0 Å². The fourth-order valence-corrected chi connectivity index (χ4v) is 3.49. The molecule has 4 nitrogen and oxygen atoms in total. The highest BCUT2D eigenvalue weighted by molar-refractivity contribution is 6.01. The van der Waals surface area contributed by atoms with Crippen LogP contribution in [0.4, 0.5) is 5.69 Å². The minimum absolute atomic E-state index is 0.115. The second-order valence-corrected chi connectivity index (χ2v) is 6.91. The number of Topliss-reactive ketones (excluding diaryl/α,β-unsaturated/α-hetero) is 1. The second kappa shape index (κ2) is 9.67. The van der Waals surface area contributed by atoms with Gasteiger partial charge in [-0.2, -0.15) is 0 Å². The highest BCUT2D eigenvalue weighted by Gasteiger charge is 2.19. The van der Waals surface area contributed by atoms with E-state index >= 15 is 0 Å². The molecular formula is C20H32N2O2. The number of nitrogens with two attached hydrogens (primary N) is 1. The first kappa shape index (κ1) is 18.8. The molecule has 4 heteroatoms. The summed E-state index contributed by atoms with van der Waals surface area (Å²) in [5, 5.41) is 0. The van der Waals surface area contributed by atoms with Crippen LogP contribution in [0, 0.1) is 5.92 Å². The zero-order valence-corrected chi connectivity index (χ0v) is 15.2. The predicted molar refractivity (Wildman–Crippen MR) is 99.7 cm³/mol. The number of carbonyl (C=O) groups is 1. The lowest BCUT2D eigenvalue weighted by atomic mass is 9.91. The summed E-state index contributed by atoms with van der Waals surface area (Å²) in [5.74, 6) is 1.71. The van der Waals surface area contributed by atoms with Crippen LogP contribution < -0.4 is 10.5 Å². The number of methoxy groups -OCH3 is 1. The highest BCUT2D eigenvalue weighted by atomic mass is 16.5. The summed E-state index contributed by atoms with van der Waals surface area (Å²) < 4.78 is 5.18. The number of hydrogen-bond acceptors (Lipinski definition) is 4. The Hall–Kier alpha value is -1.55. The fraction of sp³-hybridized carbons (Fsp3) is 0.650. The smallest absolute Gasteiger partial charge is 0.165 e. The van der Waals surface area contributed by atoms with Crippen LogP contribution in [0.15, 0.2) is 18.2 Å². The Kier molecular flexibility index (Phi) is 7.57. The lowest BCUT2D eigenvalue weighted by molar-refractivity contribution is 0.0970. The van der Waals surface area contributed by atoms with Gasteiger partial charge in [-0.05, 0) is 63.0 Å². The van der Waals surface area contributed by atoms with Crippen LogP contribution in [-0.4, -0.2) is 37.4 Å². The van der Waals surface area contributed by atoms with E-state index in [4.69, 9.17) is 10.5 Å². The van der Waals surface area contributed by atoms with E-state index in [2.05, 4.69) is 11.8 Å². The lowest BCUT2D eigenvalue weighted by Gasteiger charge is -2.31. The van der Waals surface area contributed by atoms with Crippen LogP contribution in [0.25, 0.3) is 0 Å². The number of carbonyl (C=O) groups excluding carboxylic acids is 1. The topological polar surface area (TPSA) is 55.6 Å². The number of unbranched alkanes of at least 4 members (excludes halogenated alkanes) is 1. The fourth-order valence-electron chi connectivity index (χ4n) is 3.49. The molecule has 1 aliphatic rings. The van der Waals surface area contributed by atoms with E-state index < -0.39 is 0 Å². The molecule has 0 spiro atoms. The van der Waals surface area contributed by atoms with Crippen molar-refractivity contribution < 1.29 is 9.53 Å². The van der Waals surface area contributed by atoms with Crippen molar-refractivity contribution in [3.8, 4) is 5.75 Å². The molecule has 0 saturated carbocycles. The van der Waals surface area contributed by atoms with Crippen LogP contribution in [0.2, 0.25) is 0 Å². The van der Waals surface area contributed by atoms with Crippen molar-refractivity contribution in [1.82, 2.24) is 4.90 Å². The van der Waals surface area contributed by atoms with Crippen LogP contribution in [-0.2, 0) is 0 Å². The molecule has 134 valence electrons. The Labute approximate surface area is 146 Å². The van der Waals surface area contributed by atoms with Crippen molar-refractivity contribution in [2.75, 3.05) is 32.5 Å². The van der Waals surface area contributed by atoms with Gasteiger partial charge in [-0.3, -0.25) is 4.79 Å². The number of ether oxygens (including phenoxy) is 1. The molecule has 0 amide bonds. The van der Waals surface area contributed by atoms with Crippen molar-refractivity contribution >= 4 is 11.5 Å². The first-order valence-electron chi connectivity index (χ1n) is 9.33. The molecule has 1 heterocycles. The van der Waals surface area contributed by atoms with Gasteiger partial charge < -0.3 is 15.4 Å². The zero-order chi connectivity index (χ0) is 17.4. The molecule has 2 N–H and O–H groups in total. The van der Waals surface area contributed by atoms with E-state index in [1.54, 1.807) is 25.3 Å². The molecule has 2 rings (SSSR count). The second-order valence-electron chi connectivity index (χ2n) is 6.91. The Bertz CT molecular complexity index is 522. The summed E-state index contributed by atoms with van der Waals surface area (Å²) in [4.78, 5) is 14.9. The maximum atomic E-state index is 12.4. The number of anilines is 1. The average molecular weight is 332 g/mol. The third kappa shape index (κ3) is 5.52. The van der Waals surface area contributed by atoms with Gasteiger partial charge in [0.15, 0.2) is 5.78 Å². The van der Waals surface area contributed by atoms with Crippen LogP contribution in [0.5, 0.6) is 5.75 Å². The van der Waals surface area contributed by atoms with Gasteiger partial charge in [0.1, 0.15) is 5.75 Å². The maximum absolute atomic E-state index is 12.4. The quantitative estimate of drug-likeness (QED) is 0.545. The van der Waals surface area contributed by atoms with Gasteiger partial charge in [0.25, 0.3) is 0 Å². The van der Waals surface area contributed by atoms with E-state index in [0.717, 1.165) is 18.9 Å². The van der Waals surface area contributed by atoms with E-state index in [1.807, 2.05) is 0 Å². The molecule has 24 heavy (non-hydrogen) atoms. The van der Waals surface area contributed by atoms with Gasteiger partial charge in [-0.1, -0.05) is 26.2 Å². The Morgan fingerprint density at radius 3 is 2.71 bits per heavy atom. The Morgan fingerprint density at radius 1 is 1.29 bits per heavy atom. The Morgan fingerprint density at radius 2 is 2.04 bits per heavy atom. The van der Waals surface area contributed by atoms with Crippen molar-refractivity contribution in [1.29, 1.82) is 0 Å². The third-order valence-electron chi connectivity index (χ3n) is 5.11. The lowest BCUT2D eigenvalue weighted by Crippen LogP contribution is -2.34. The van der Waals surface area contributed by atoms with Crippen LogP contribution in [0.1, 0.15) is 62.2 Å². The molecule has 0 unspecified atom stereocenters. The number of nitrogens with zero attached hydrogens (tertiary/aromatic N) is 1. The summed E-state index contributed by atoms with van der Waals surface area (Å²) >= 11 is 0. The highest BCUT2D eigenvalue weighted by Crippen LogP contribution is 2.24. The molecule has 1 aromatic carbocycles. The van der Waals surface area contributed by atoms with Gasteiger partial charge in [0.05, 0.1) is 7.11 Å². The molecule has 0 aromatic heterocycles. The van der Waals surface area contributed by atoms with Crippen molar-refractivity contribution in [2.45, 2.75) is 51.9 Å². The number of likely N-dealkylation sites (tertiary alicyclic amines) is 1. The van der Waals surface area contributed by atoms with Crippen molar-refractivity contribution in [3.63, 3.8) is 0 Å². The predicted octanol–water partition coefficient (Wildman–Crippen LogP) is 4.14. The molecule has 0 aliphatic carbocycles. The standard InChI is InChI=1S/C20H32N2O2/c1-3-4-6-16-10-13-22(14-11-16)12-5-7-20(23)18-15-17(24-2)8-9-19(18)21/h8-9,15-16H,3-7,10-14,21H2,1-2H3. The van der Waals surface area contributed by atoms with Gasteiger partial charge >= 0.3 is 0 Å². The third-order valence-corrected chi connectivity index (χ3v) is 5.11. The number of ketones is 1. The number of piperidine rings is 1. The molecule has 1 aromatic rings. The summed E-state index contributed by atoms with van der Waals surface area (Å²) in [5.41, 5.74) is 7.06. The van der Waals surface area contributed by atoms with E-state index in [0.29, 0.717) is 23.4 Å². The normalized spacial score (nSPS) is 16.2. The molecule has 1 aliphatic heterocycles. The largest absolute Gasteiger partial charge is 0.497 e. The number of benzene rings is 1. The number of rotatable bonds is 9. The molecule has 0 bridgehead atoms. The minimum Gasteiger partial charge on any atom is -0.497 e.